The van der Waals surface area contributed by atoms with Crippen molar-refractivity contribution >= 4 is 10.5 Å². The summed E-state index contributed by atoms with van der Waals surface area (Å²) >= 11 is 0. The molecule has 0 heterocycles. The van der Waals surface area contributed by atoms with Crippen LogP contribution in [-0.4, -0.2) is 16.6 Å². The molecule has 1 atom stereocenters. The van der Waals surface area contributed by atoms with Crippen LogP contribution in [0.3, 0.4) is 0 Å². The van der Waals surface area contributed by atoms with Gasteiger partial charge in [0, 0.05) is 6.10 Å². The van der Waals surface area contributed by atoms with E-state index in [0.717, 1.165) is 16.9 Å². The molecule has 0 aromatic heterocycles. The van der Waals surface area contributed by atoms with Crippen LogP contribution in [0.4, 0.5) is 0 Å². The molecule has 0 aliphatic rings. The summed E-state index contributed by atoms with van der Waals surface area (Å²) in [6, 6.07) is 0. The second-order valence-electron chi connectivity index (χ2n) is 3.77. The molecule has 0 saturated carbocycles. The third kappa shape index (κ3) is 10.1. The first-order valence-electron chi connectivity index (χ1n) is 5.67. The highest BCUT2D eigenvalue weighted by molar-refractivity contribution is 5.98. The van der Waals surface area contributed by atoms with Gasteiger partial charge in [-0.25, -0.2) is 0 Å². The smallest absolute Gasteiger partial charge is 0.146 e. The Bertz CT molecular complexity index is 96.1. The van der Waals surface area contributed by atoms with Crippen molar-refractivity contribution in [2.45, 2.75) is 64.4 Å². The molecule has 79 valence electrons. The zero-order chi connectivity index (χ0) is 9.94. The molecule has 0 rings (SSSR count). The van der Waals surface area contributed by atoms with Crippen LogP contribution < -0.4 is 0 Å². The maximum Gasteiger partial charge on any atom is 0.146 e. The predicted molar refractivity (Wildman–Crippen MR) is 62.8 cm³/mol. The van der Waals surface area contributed by atoms with Gasteiger partial charge in [-0.05, 0) is 13.3 Å². The highest BCUT2D eigenvalue weighted by atomic mass is 28.2. The molecule has 0 bridgehead atoms. The van der Waals surface area contributed by atoms with Gasteiger partial charge in [0.25, 0.3) is 0 Å². The van der Waals surface area contributed by atoms with Gasteiger partial charge in [-0.2, -0.15) is 0 Å². The summed E-state index contributed by atoms with van der Waals surface area (Å²) < 4.78 is 5.22. The molecule has 13 heavy (non-hydrogen) atoms. The second kappa shape index (κ2) is 10.3. The summed E-state index contributed by atoms with van der Waals surface area (Å²) in [5.74, 6) is 0. The average Bonchev–Trinajstić information content (AvgIpc) is 2.16. The zero-order valence-corrected chi connectivity index (χ0v) is 11.3. The lowest BCUT2D eigenvalue weighted by Crippen LogP contribution is -2.05. The van der Waals surface area contributed by atoms with Crippen molar-refractivity contribution in [3.8, 4) is 0 Å². The third-order valence-electron chi connectivity index (χ3n) is 2.46. The van der Waals surface area contributed by atoms with E-state index >= 15 is 0 Å². The number of rotatable bonds is 9. The number of hydrogen-bond donors (Lipinski definition) is 0. The van der Waals surface area contributed by atoms with Crippen molar-refractivity contribution in [3.63, 3.8) is 0 Å². The maximum absolute atomic E-state index is 5.22. The number of unbranched alkanes of at least 4 members (excludes halogenated alkanes) is 6. The highest BCUT2D eigenvalue weighted by Crippen LogP contribution is 2.10. The van der Waals surface area contributed by atoms with Crippen molar-refractivity contribution in [1.82, 2.24) is 0 Å². The third-order valence-corrected chi connectivity index (χ3v) is 3.13. The first-order chi connectivity index (χ1) is 6.31. The Morgan fingerprint density at radius 2 is 1.62 bits per heavy atom. The summed E-state index contributed by atoms with van der Waals surface area (Å²) in [7, 11) is 0.831. The van der Waals surface area contributed by atoms with E-state index in [0.29, 0.717) is 0 Å². The largest absolute Gasteiger partial charge is 0.425 e. The Kier molecular flexibility index (Phi) is 10.4. The fourth-order valence-corrected chi connectivity index (χ4v) is 1.68. The van der Waals surface area contributed by atoms with E-state index in [1.807, 2.05) is 0 Å². The normalized spacial score (nSPS) is 13.4. The minimum Gasteiger partial charge on any atom is -0.425 e. The van der Waals surface area contributed by atoms with Crippen LogP contribution in [0.15, 0.2) is 0 Å². The fourth-order valence-electron chi connectivity index (χ4n) is 1.45. The first kappa shape index (κ1) is 13.2. The predicted octanol–water partition coefficient (Wildman–Crippen LogP) is 2.63. The molecule has 1 nitrogen and oxygen atoms in total. The van der Waals surface area contributed by atoms with E-state index in [2.05, 4.69) is 13.8 Å². The molecular formula is C11H25OSi. The van der Waals surface area contributed by atoms with Crippen molar-refractivity contribution in [2.24, 2.45) is 0 Å². The Morgan fingerprint density at radius 3 is 2.15 bits per heavy atom. The Hall–Kier alpha value is 0.177. The van der Waals surface area contributed by atoms with Crippen LogP contribution >= 0.6 is 0 Å². The standard InChI is InChI=1S/C11H25OSi/c1-3-4-5-6-7-8-9-10-11(2)12-13/h11H,2-10H2,1,13H3. The zero-order valence-electron chi connectivity index (χ0n) is 9.35. The summed E-state index contributed by atoms with van der Waals surface area (Å²) in [5.41, 5.74) is 0. The van der Waals surface area contributed by atoms with Gasteiger partial charge >= 0.3 is 0 Å². The molecule has 0 amide bonds. The lowest BCUT2D eigenvalue weighted by Gasteiger charge is -2.08. The summed E-state index contributed by atoms with van der Waals surface area (Å²) in [6.45, 7) is 6.18. The van der Waals surface area contributed by atoms with E-state index in [4.69, 9.17) is 4.43 Å². The minimum absolute atomic E-state index is 0.266. The van der Waals surface area contributed by atoms with E-state index in [9.17, 15) is 0 Å². The van der Waals surface area contributed by atoms with Crippen molar-refractivity contribution < 1.29 is 4.43 Å². The minimum atomic E-state index is 0.266. The molecule has 0 aromatic carbocycles. The van der Waals surface area contributed by atoms with Crippen LogP contribution in [0.1, 0.15) is 58.3 Å². The molecule has 0 aliphatic carbocycles. The molecule has 2 heteroatoms. The van der Waals surface area contributed by atoms with Crippen LogP contribution in [0.25, 0.3) is 0 Å². The lowest BCUT2D eigenvalue weighted by molar-refractivity contribution is 0.253. The molecule has 0 spiro atoms. The van der Waals surface area contributed by atoms with Gasteiger partial charge in [0.05, 0.1) is 0 Å². The van der Waals surface area contributed by atoms with Crippen molar-refractivity contribution in [3.05, 3.63) is 6.92 Å². The van der Waals surface area contributed by atoms with Gasteiger partial charge in [0.15, 0.2) is 0 Å². The molecule has 0 saturated heterocycles. The van der Waals surface area contributed by atoms with Crippen LogP contribution in [-0.2, 0) is 4.43 Å². The molecule has 1 radical (unpaired) electrons. The summed E-state index contributed by atoms with van der Waals surface area (Å²) in [6.07, 6.45) is 11.0. The SMILES string of the molecule is [CH2]C(CCCCCCCCC)O[SiH3]. The first-order valence-corrected chi connectivity index (χ1v) is 6.48. The Balaban J connectivity index is 2.91. The van der Waals surface area contributed by atoms with E-state index in [1.165, 1.54) is 44.9 Å². The quantitative estimate of drug-likeness (QED) is 0.412. The highest BCUT2D eigenvalue weighted by Gasteiger charge is 1.97. The molecule has 1 unspecified atom stereocenters. The van der Waals surface area contributed by atoms with E-state index in [-0.39, 0.29) is 6.10 Å². The van der Waals surface area contributed by atoms with Gasteiger partial charge < -0.3 is 4.43 Å². The molecule has 0 aliphatic heterocycles. The second-order valence-corrected chi connectivity index (χ2v) is 4.24. The Labute approximate surface area is 86.8 Å². The van der Waals surface area contributed by atoms with Crippen LogP contribution in [0.2, 0.25) is 0 Å². The molecule has 0 aromatic rings. The lowest BCUT2D eigenvalue weighted by atomic mass is 10.1. The van der Waals surface area contributed by atoms with Crippen LogP contribution in [0, 0.1) is 6.92 Å². The van der Waals surface area contributed by atoms with Gasteiger partial charge in [-0.1, -0.05) is 51.9 Å². The van der Waals surface area contributed by atoms with Crippen molar-refractivity contribution in [1.29, 1.82) is 0 Å². The van der Waals surface area contributed by atoms with Crippen molar-refractivity contribution in [2.75, 3.05) is 0 Å². The van der Waals surface area contributed by atoms with Gasteiger partial charge in [-0.3, -0.25) is 0 Å². The maximum atomic E-state index is 5.22. The van der Waals surface area contributed by atoms with Gasteiger partial charge in [-0.15, -0.1) is 0 Å². The Morgan fingerprint density at radius 1 is 1.08 bits per heavy atom. The monoisotopic (exact) mass is 201 g/mol. The average molecular weight is 201 g/mol. The number of hydrogen-bond acceptors (Lipinski definition) is 1. The van der Waals surface area contributed by atoms with E-state index < -0.39 is 0 Å². The van der Waals surface area contributed by atoms with Gasteiger partial charge in [0.1, 0.15) is 10.5 Å². The fraction of sp³-hybridized carbons (Fsp3) is 0.909. The molecule has 0 fully saturated rings. The van der Waals surface area contributed by atoms with Crippen LogP contribution in [0.5, 0.6) is 0 Å². The summed E-state index contributed by atoms with van der Waals surface area (Å²) in [4.78, 5) is 0. The van der Waals surface area contributed by atoms with Gasteiger partial charge in [0.2, 0.25) is 0 Å². The topological polar surface area (TPSA) is 9.23 Å². The molecule has 0 N–H and O–H groups in total. The van der Waals surface area contributed by atoms with E-state index in [1.54, 1.807) is 0 Å². The summed E-state index contributed by atoms with van der Waals surface area (Å²) in [5, 5.41) is 0. The molecular weight excluding hydrogens is 176 g/mol.